The van der Waals surface area contributed by atoms with Crippen molar-refractivity contribution in [3.8, 4) is 11.5 Å². The molecule has 164 valence electrons. The van der Waals surface area contributed by atoms with Crippen LogP contribution in [0.3, 0.4) is 0 Å². The van der Waals surface area contributed by atoms with Gasteiger partial charge < -0.3 is 19.6 Å². The van der Waals surface area contributed by atoms with Crippen molar-refractivity contribution in [2.24, 2.45) is 0 Å². The van der Waals surface area contributed by atoms with Crippen molar-refractivity contribution in [1.29, 1.82) is 0 Å². The SMILES string of the molecule is CCOc1cc(C(=O)CCC(=O)N2CC[NH+](C/C=C/c3ccccc3)CC2)ccc1O. The molecule has 0 unspecified atom stereocenters. The Morgan fingerprint density at radius 1 is 1.10 bits per heavy atom. The maximum atomic E-state index is 12.5. The van der Waals surface area contributed by atoms with Gasteiger partial charge in [0.05, 0.1) is 39.3 Å². The first-order chi connectivity index (χ1) is 15.1. The molecule has 1 fully saturated rings. The number of aromatic hydroxyl groups is 1. The van der Waals surface area contributed by atoms with Crippen molar-refractivity contribution in [2.45, 2.75) is 19.8 Å². The summed E-state index contributed by atoms with van der Waals surface area (Å²) < 4.78 is 5.33. The van der Waals surface area contributed by atoms with Crippen LogP contribution in [0.15, 0.2) is 54.6 Å². The summed E-state index contributed by atoms with van der Waals surface area (Å²) in [5, 5.41) is 9.77. The third-order valence-corrected chi connectivity index (χ3v) is 5.49. The van der Waals surface area contributed by atoms with Crippen LogP contribution in [0.25, 0.3) is 6.08 Å². The summed E-state index contributed by atoms with van der Waals surface area (Å²) >= 11 is 0. The number of benzene rings is 2. The number of ketones is 1. The van der Waals surface area contributed by atoms with Gasteiger partial charge in [-0.05, 0) is 36.8 Å². The molecule has 31 heavy (non-hydrogen) atoms. The summed E-state index contributed by atoms with van der Waals surface area (Å²) in [7, 11) is 0. The molecule has 0 bridgehead atoms. The molecule has 0 radical (unpaired) electrons. The Bertz CT molecular complexity index is 903. The van der Waals surface area contributed by atoms with E-state index < -0.39 is 0 Å². The number of quaternary nitrogens is 1. The summed E-state index contributed by atoms with van der Waals surface area (Å²) in [5.41, 5.74) is 1.65. The molecule has 0 aliphatic carbocycles. The van der Waals surface area contributed by atoms with Crippen molar-refractivity contribution < 1.29 is 24.3 Å². The molecule has 2 aromatic carbocycles. The highest BCUT2D eigenvalue weighted by Gasteiger charge is 2.23. The maximum absolute atomic E-state index is 12.5. The van der Waals surface area contributed by atoms with Crippen LogP contribution in [0.2, 0.25) is 0 Å². The smallest absolute Gasteiger partial charge is 0.223 e. The first-order valence-corrected chi connectivity index (χ1v) is 10.9. The van der Waals surface area contributed by atoms with E-state index >= 15 is 0 Å². The number of nitrogens with zero attached hydrogens (tertiary/aromatic N) is 1. The van der Waals surface area contributed by atoms with Gasteiger partial charge in [-0.3, -0.25) is 9.59 Å². The number of phenolic OH excluding ortho intramolecular Hbond substituents is 1. The van der Waals surface area contributed by atoms with Gasteiger partial charge in [-0.2, -0.15) is 0 Å². The Labute approximate surface area is 183 Å². The molecule has 6 heteroatoms. The fourth-order valence-corrected chi connectivity index (χ4v) is 3.68. The molecule has 6 nitrogen and oxygen atoms in total. The predicted octanol–water partition coefficient (Wildman–Crippen LogP) is 2.19. The lowest BCUT2D eigenvalue weighted by atomic mass is 10.1. The van der Waals surface area contributed by atoms with Gasteiger partial charge in [0.2, 0.25) is 5.91 Å². The number of piperazine rings is 1. The van der Waals surface area contributed by atoms with Crippen LogP contribution >= 0.6 is 0 Å². The molecular formula is C25H31N2O4+. The Morgan fingerprint density at radius 2 is 1.84 bits per heavy atom. The normalized spacial score (nSPS) is 14.7. The second kappa shape index (κ2) is 11.3. The largest absolute Gasteiger partial charge is 0.504 e. The summed E-state index contributed by atoms with van der Waals surface area (Å²) in [6.07, 6.45) is 4.68. The summed E-state index contributed by atoms with van der Waals surface area (Å²) in [4.78, 5) is 28.3. The summed E-state index contributed by atoms with van der Waals surface area (Å²) in [6.45, 7) is 6.42. The number of nitrogens with one attached hydrogen (secondary N) is 1. The number of Topliss-reactive ketones (excluding diaryl/α,β-unsaturated/α-hetero) is 1. The molecule has 2 aromatic rings. The molecule has 2 N–H and O–H groups in total. The van der Waals surface area contributed by atoms with Crippen molar-refractivity contribution >= 4 is 17.8 Å². The molecule has 1 aliphatic heterocycles. The Kier molecular flexibility index (Phi) is 8.24. The lowest BCUT2D eigenvalue weighted by Gasteiger charge is -2.31. The Hall–Kier alpha value is -3.12. The zero-order valence-corrected chi connectivity index (χ0v) is 18.0. The first-order valence-electron chi connectivity index (χ1n) is 10.9. The number of rotatable bonds is 9. The lowest BCUT2D eigenvalue weighted by molar-refractivity contribution is -0.898. The monoisotopic (exact) mass is 423 g/mol. The number of hydrogen-bond donors (Lipinski definition) is 2. The fourth-order valence-electron chi connectivity index (χ4n) is 3.68. The Morgan fingerprint density at radius 3 is 2.55 bits per heavy atom. The minimum Gasteiger partial charge on any atom is -0.504 e. The highest BCUT2D eigenvalue weighted by molar-refractivity contribution is 5.98. The maximum Gasteiger partial charge on any atom is 0.223 e. The molecule has 0 spiro atoms. The van der Waals surface area contributed by atoms with Gasteiger partial charge in [-0.15, -0.1) is 0 Å². The van der Waals surface area contributed by atoms with E-state index in [1.165, 1.54) is 22.6 Å². The number of hydrogen-bond acceptors (Lipinski definition) is 4. The predicted molar refractivity (Wildman–Crippen MR) is 120 cm³/mol. The second-order valence-corrected chi connectivity index (χ2v) is 7.69. The summed E-state index contributed by atoms with van der Waals surface area (Å²) in [5.74, 6) is 0.203. The average molecular weight is 424 g/mol. The molecule has 0 aromatic heterocycles. The fraction of sp³-hybridized carbons (Fsp3) is 0.360. The lowest BCUT2D eigenvalue weighted by Crippen LogP contribution is -3.14. The van der Waals surface area contributed by atoms with Crippen molar-refractivity contribution in [2.75, 3.05) is 39.3 Å². The Balaban J connectivity index is 1.41. The van der Waals surface area contributed by atoms with E-state index in [2.05, 4.69) is 24.3 Å². The molecule has 1 heterocycles. The van der Waals surface area contributed by atoms with Gasteiger partial charge in [0.1, 0.15) is 0 Å². The van der Waals surface area contributed by atoms with Gasteiger partial charge in [0.15, 0.2) is 17.3 Å². The summed E-state index contributed by atoms with van der Waals surface area (Å²) in [6, 6.07) is 14.8. The van der Waals surface area contributed by atoms with E-state index in [-0.39, 0.29) is 30.3 Å². The van der Waals surface area contributed by atoms with E-state index in [0.29, 0.717) is 17.9 Å². The first kappa shape index (κ1) is 22.6. The van der Waals surface area contributed by atoms with E-state index in [1.54, 1.807) is 6.07 Å². The molecule has 3 rings (SSSR count). The standard InChI is InChI=1S/C25H30N2O4/c1-2-31-24-19-21(10-11-23(24)29)22(28)12-13-25(30)27-17-15-26(16-18-27)14-6-9-20-7-4-3-5-8-20/h3-11,19,29H,2,12-18H2,1H3/p+1/b9-6+. The van der Waals surface area contributed by atoms with Crippen LogP contribution < -0.4 is 9.64 Å². The quantitative estimate of drug-likeness (QED) is 0.607. The van der Waals surface area contributed by atoms with E-state index in [0.717, 1.165) is 32.7 Å². The third-order valence-electron chi connectivity index (χ3n) is 5.49. The average Bonchev–Trinajstić information content (AvgIpc) is 2.80. The topological polar surface area (TPSA) is 71.3 Å². The van der Waals surface area contributed by atoms with Crippen LogP contribution in [0, 0.1) is 0 Å². The molecule has 1 amide bonds. The minimum atomic E-state index is -0.121. The zero-order valence-electron chi connectivity index (χ0n) is 18.0. The highest BCUT2D eigenvalue weighted by Crippen LogP contribution is 2.27. The highest BCUT2D eigenvalue weighted by atomic mass is 16.5. The molecule has 1 aliphatic rings. The molecule has 0 atom stereocenters. The molecule has 1 saturated heterocycles. The zero-order chi connectivity index (χ0) is 22.1. The van der Waals surface area contributed by atoms with Crippen molar-refractivity contribution in [1.82, 2.24) is 4.90 Å². The number of carbonyl (C=O) groups is 2. The van der Waals surface area contributed by atoms with Crippen LogP contribution in [-0.2, 0) is 4.79 Å². The van der Waals surface area contributed by atoms with Crippen molar-refractivity contribution in [3.05, 3.63) is 65.7 Å². The number of amides is 1. The van der Waals surface area contributed by atoms with Crippen molar-refractivity contribution in [3.63, 3.8) is 0 Å². The van der Waals surface area contributed by atoms with Gasteiger partial charge in [0.25, 0.3) is 0 Å². The molecular weight excluding hydrogens is 392 g/mol. The van der Waals surface area contributed by atoms with Crippen LogP contribution in [0.4, 0.5) is 0 Å². The minimum absolute atomic E-state index is 0.00783. The van der Waals surface area contributed by atoms with Gasteiger partial charge in [-0.1, -0.05) is 36.4 Å². The number of ether oxygens (including phenoxy) is 1. The molecule has 0 saturated carbocycles. The van der Waals surface area contributed by atoms with E-state index in [9.17, 15) is 14.7 Å². The van der Waals surface area contributed by atoms with Gasteiger partial charge >= 0.3 is 0 Å². The second-order valence-electron chi connectivity index (χ2n) is 7.69. The van der Waals surface area contributed by atoms with E-state index in [4.69, 9.17) is 4.74 Å². The number of carbonyl (C=O) groups excluding carboxylic acids is 2. The number of phenols is 1. The van der Waals surface area contributed by atoms with Crippen LogP contribution in [0.1, 0.15) is 35.7 Å². The third kappa shape index (κ3) is 6.69. The van der Waals surface area contributed by atoms with Gasteiger partial charge in [0, 0.05) is 18.4 Å². The van der Waals surface area contributed by atoms with Gasteiger partial charge in [-0.25, -0.2) is 0 Å². The van der Waals surface area contributed by atoms with E-state index in [1.807, 2.05) is 30.0 Å². The van der Waals surface area contributed by atoms with Crippen LogP contribution in [0.5, 0.6) is 11.5 Å². The van der Waals surface area contributed by atoms with Crippen LogP contribution in [-0.4, -0.2) is 61.0 Å².